The number of rotatable bonds is 5. The van der Waals surface area contributed by atoms with Gasteiger partial charge in [-0.2, -0.15) is 0 Å². The fourth-order valence-electron chi connectivity index (χ4n) is 8.78. The van der Waals surface area contributed by atoms with Crippen LogP contribution in [0, 0.1) is 13.8 Å². The van der Waals surface area contributed by atoms with Gasteiger partial charge in [0.25, 0.3) is 0 Å². The summed E-state index contributed by atoms with van der Waals surface area (Å²) in [7, 11) is 0. The van der Waals surface area contributed by atoms with Crippen molar-refractivity contribution in [3.8, 4) is 44.5 Å². The Bertz CT molecular complexity index is 2790. The smallest absolute Gasteiger partial charge is 0.159 e. The van der Waals surface area contributed by atoms with Gasteiger partial charge in [-0.1, -0.05) is 86.6 Å². The molecule has 0 spiro atoms. The van der Waals surface area contributed by atoms with E-state index < -0.39 is 0 Å². The van der Waals surface area contributed by atoms with Gasteiger partial charge in [-0.25, -0.2) is 19.9 Å². The summed E-state index contributed by atoms with van der Waals surface area (Å²) in [5, 5.41) is 2.10. The van der Waals surface area contributed by atoms with Crippen molar-refractivity contribution in [3.05, 3.63) is 187 Å². The van der Waals surface area contributed by atoms with E-state index in [2.05, 4.69) is 180 Å². The molecule has 0 radical (unpaired) electrons. The SMILES string of the molecule is Cc1cc(-c2ccnc3ncccc23)ccc1-c1cc(-c2ccc(-c3ccnc4ncccc34)cc2C)cc(N2c3ccccc3C(C)(C)c3ccccc32)c1. The van der Waals surface area contributed by atoms with Crippen molar-refractivity contribution in [2.45, 2.75) is 33.1 Å². The van der Waals surface area contributed by atoms with Gasteiger partial charge in [0.15, 0.2) is 11.3 Å². The number of para-hydroxylation sites is 2. The van der Waals surface area contributed by atoms with Crippen LogP contribution in [0.25, 0.3) is 66.6 Å². The average Bonchev–Trinajstić information content (AvgIpc) is 3.23. The Morgan fingerprint density at radius 1 is 0.411 bits per heavy atom. The molecule has 0 bridgehead atoms. The van der Waals surface area contributed by atoms with Crippen molar-refractivity contribution in [1.82, 2.24) is 19.9 Å². The monoisotopic (exact) mass is 721 g/mol. The minimum Gasteiger partial charge on any atom is -0.310 e. The molecule has 1 aliphatic heterocycles. The van der Waals surface area contributed by atoms with Crippen LogP contribution in [-0.2, 0) is 5.41 Å². The minimum absolute atomic E-state index is 0.151. The van der Waals surface area contributed by atoms with Crippen LogP contribution in [0.2, 0.25) is 0 Å². The van der Waals surface area contributed by atoms with Crippen LogP contribution in [0.1, 0.15) is 36.1 Å². The van der Waals surface area contributed by atoms with Gasteiger partial charge in [0.1, 0.15) is 0 Å². The second kappa shape index (κ2) is 13.1. The summed E-state index contributed by atoms with van der Waals surface area (Å²) < 4.78 is 0. The first-order chi connectivity index (χ1) is 27.3. The number of benzene rings is 5. The number of pyridine rings is 4. The summed E-state index contributed by atoms with van der Waals surface area (Å²) in [4.78, 5) is 20.5. The lowest BCUT2D eigenvalue weighted by Gasteiger charge is -2.42. The molecule has 0 unspecified atom stereocenters. The maximum Gasteiger partial charge on any atom is 0.159 e. The highest BCUT2D eigenvalue weighted by molar-refractivity contribution is 5.96. The molecular formula is C51H39N5. The minimum atomic E-state index is -0.151. The number of hydrogen-bond donors (Lipinski definition) is 0. The van der Waals surface area contributed by atoms with Crippen molar-refractivity contribution in [3.63, 3.8) is 0 Å². The van der Waals surface area contributed by atoms with Crippen LogP contribution in [0.3, 0.4) is 0 Å². The maximum absolute atomic E-state index is 4.51. The van der Waals surface area contributed by atoms with Gasteiger partial charge in [0.2, 0.25) is 0 Å². The van der Waals surface area contributed by atoms with Crippen LogP contribution in [-0.4, -0.2) is 19.9 Å². The zero-order valence-electron chi connectivity index (χ0n) is 31.8. The summed E-state index contributed by atoms with van der Waals surface area (Å²) in [6.45, 7) is 9.11. The molecule has 1 aliphatic rings. The van der Waals surface area contributed by atoms with Crippen LogP contribution in [0.4, 0.5) is 17.1 Å². The number of aryl methyl sites for hydroxylation is 2. The zero-order chi connectivity index (χ0) is 38.0. The van der Waals surface area contributed by atoms with E-state index in [-0.39, 0.29) is 5.41 Å². The molecule has 4 aromatic heterocycles. The maximum atomic E-state index is 4.51. The molecular weight excluding hydrogens is 683 g/mol. The third-order valence-corrected chi connectivity index (χ3v) is 11.5. The molecule has 56 heavy (non-hydrogen) atoms. The number of hydrogen-bond acceptors (Lipinski definition) is 5. The highest BCUT2D eigenvalue weighted by atomic mass is 15.2. The van der Waals surface area contributed by atoms with E-state index in [4.69, 9.17) is 0 Å². The summed E-state index contributed by atoms with van der Waals surface area (Å²) in [6, 6.07) is 50.7. The Hall–Kier alpha value is -6.98. The third kappa shape index (κ3) is 5.46. The first kappa shape index (κ1) is 33.6. The number of nitrogens with zero attached hydrogens (tertiary/aromatic N) is 5. The fraction of sp³-hybridized carbons (Fsp3) is 0.0980. The number of fused-ring (bicyclic) bond motifs is 4. The van der Waals surface area contributed by atoms with E-state index in [1.165, 1.54) is 44.8 Å². The van der Waals surface area contributed by atoms with E-state index in [1.807, 2.05) is 24.5 Å². The van der Waals surface area contributed by atoms with Gasteiger partial charge in [-0.05, 0) is 147 Å². The first-order valence-corrected chi connectivity index (χ1v) is 19.1. The van der Waals surface area contributed by atoms with Gasteiger partial charge in [-0.15, -0.1) is 0 Å². The van der Waals surface area contributed by atoms with Crippen LogP contribution >= 0.6 is 0 Å². The first-order valence-electron chi connectivity index (χ1n) is 19.1. The molecule has 0 atom stereocenters. The summed E-state index contributed by atoms with van der Waals surface area (Å²) in [6.07, 6.45) is 7.29. The second-order valence-corrected chi connectivity index (χ2v) is 15.3. The molecule has 0 N–H and O–H groups in total. The van der Waals surface area contributed by atoms with E-state index in [1.54, 1.807) is 12.4 Å². The van der Waals surface area contributed by atoms with Gasteiger partial charge in [0, 0.05) is 46.7 Å². The summed E-state index contributed by atoms with van der Waals surface area (Å²) in [5.74, 6) is 0. The fourth-order valence-corrected chi connectivity index (χ4v) is 8.78. The molecule has 0 saturated carbocycles. The van der Waals surface area contributed by atoms with E-state index >= 15 is 0 Å². The topological polar surface area (TPSA) is 54.8 Å². The van der Waals surface area contributed by atoms with Gasteiger partial charge >= 0.3 is 0 Å². The normalized spacial score (nSPS) is 13.1. The largest absolute Gasteiger partial charge is 0.310 e. The van der Waals surface area contributed by atoms with E-state index in [9.17, 15) is 0 Å². The Kier molecular flexibility index (Phi) is 7.86. The quantitative estimate of drug-likeness (QED) is 0.177. The third-order valence-electron chi connectivity index (χ3n) is 11.5. The predicted molar refractivity (Wildman–Crippen MR) is 231 cm³/mol. The lowest BCUT2D eigenvalue weighted by atomic mass is 9.73. The average molecular weight is 722 g/mol. The molecule has 0 amide bonds. The van der Waals surface area contributed by atoms with Crippen molar-refractivity contribution < 1.29 is 0 Å². The van der Waals surface area contributed by atoms with Gasteiger partial charge in [0.05, 0.1) is 11.4 Å². The second-order valence-electron chi connectivity index (χ2n) is 15.3. The van der Waals surface area contributed by atoms with E-state index in [0.717, 1.165) is 61.1 Å². The number of anilines is 3. The highest BCUT2D eigenvalue weighted by Crippen LogP contribution is 2.52. The Labute approximate surface area is 327 Å². The van der Waals surface area contributed by atoms with Gasteiger partial charge < -0.3 is 4.90 Å². The van der Waals surface area contributed by atoms with Crippen LogP contribution < -0.4 is 4.90 Å². The predicted octanol–water partition coefficient (Wildman–Crippen LogP) is 13.0. The molecule has 5 aromatic carbocycles. The van der Waals surface area contributed by atoms with Crippen molar-refractivity contribution in [1.29, 1.82) is 0 Å². The zero-order valence-corrected chi connectivity index (χ0v) is 31.8. The van der Waals surface area contributed by atoms with Gasteiger partial charge in [-0.3, -0.25) is 0 Å². The number of aromatic nitrogens is 4. The van der Waals surface area contributed by atoms with Crippen molar-refractivity contribution >= 4 is 39.1 Å². The molecule has 268 valence electrons. The van der Waals surface area contributed by atoms with Crippen molar-refractivity contribution in [2.24, 2.45) is 0 Å². The Balaban J connectivity index is 1.16. The molecule has 0 saturated heterocycles. The Morgan fingerprint density at radius 2 is 0.875 bits per heavy atom. The Morgan fingerprint density at radius 3 is 1.36 bits per heavy atom. The van der Waals surface area contributed by atoms with Crippen LogP contribution in [0.5, 0.6) is 0 Å². The molecule has 0 aliphatic carbocycles. The summed E-state index contributed by atoms with van der Waals surface area (Å²) in [5.41, 5.74) is 19.2. The van der Waals surface area contributed by atoms with Crippen molar-refractivity contribution in [2.75, 3.05) is 4.90 Å². The standard InChI is InChI=1S/C51H39N5/c1-32-27-34(41-21-25-54-49-43(41)11-9-23-52-49)17-19-39(32)36-29-37(40-20-18-35(28-33(40)2)42-22-26-55-50-44(42)12-10-24-53-50)31-38(30-36)56-47-15-7-5-13-45(47)51(3,4)46-14-6-8-16-48(46)56/h5-31H,1-4H3. The lowest BCUT2D eigenvalue weighted by molar-refractivity contribution is 0.632. The molecule has 5 heteroatoms. The highest BCUT2D eigenvalue weighted by Gasteiger charge is 2.36. The van der Waals surface area contributed by atoms with Crippen LogP contribution in [0.15, 0.2) is 164 Å². The molecule has 5 nitrogen and oxygen atoms in total. The lowest BCUT2D eigenvalue weighted by Crippen LogP contribution is -2.30. The molecule has 9 aromatic rings. The molecule has 10 rings (SSSR count). The molecule has 5 heterocycles. The summed E-state index contributed by atoms with van der Waals surface area (Å²) >= 11 is 0. The van der Waals surface area contributed by atoms with E-state index in [0.29, 0.717) is 0 Å². The molecule has 0 fully saturated rings.